The maximum absolute atomic E-state index is 12.1. The molecule has 1 N–H and O–H groups in total. The molecule has 0 atom stereocenters. The summed E-state index contributed by atoms with van der Waals surface area (Å²) >= 11 is 0. The van der Waals surface area contributed by atoms with Crippen molar-refractivity contribution in [2.75, 3.05) is 26.8 Å². The Kier molecular flexibility index (Phi) is 5.57. The first kappa shape index (κ1) is 14.7. The van der Waals surface area contributed by atoms with E-state index in [1.807, 2.05) is 6.07 Å². The van der Waals surface area contributed by atoms with E-state index >= 15 is 0 Å². The molecule has 0 unspecified atom stereocenters. The van der Waals surface area contributed by atoms with Gasteiger partial charge in [-0.3, -0.25) is 4.79 Å². The van der Waals surface area contributed by atoms with Gasteiger partial charge in [-0.25, -0.2) is 4.79 Å². The number of carboxylic acid groups (broad SMARTS) is 1. The average Bonchev–Trinajstić information content (AvgIpc) is 2.88. The summed E-state index contributed by atoms with van der Waals surface area (Å²) in [6.07, 6.45) is 1.19. The molecule has 0 bridgehead atoms. The van der Waals surface area contributed by atoms with Crippen molar-refractivity contribution < 1.29 is 23.8 Å². The van der Waals surface area contributed by atoms with Gasteiger partial charge in [0.2, 0.25) is 0 Å². The second kappa shape index (κ2) is 7.18. The van der Waals surface area contributed by atoms with Crippen molar-refractivity contribution in [1.29, 1.82) is 5.26 Å². The van der Waals surface area contributed by atoms with E-state index in [0.717, 1.165) is 12.3 Å². The topological polar surface area (TPSA) is 104 Å². The molecule has 0 aromatic carbocycles. The zero-order chi connectivity index (χ0) is 14.3. The van der Waals surface area contributed by atoms with E-state index in [4.69, 9.17) is 19.5 Å². The van der Waals surface area contributed by atoms with Gasteiger partial charge < -0.3 is 19.2 Å². The predicted molar refractivity (Wildman–Crippen MR) is 63.7 cm³/mol. The van der Waals surface area contributed by atoms with Crippen LogP contribution in [0.15, 0.2) is 16.7 Å². The summed E-state index contributed by atoms with van der Waals surface area (Å²) in [4.78, 5) is 24.2. The van der Waals surface area contributed by atoms with E-state index in [-0.39, 0.29) is 24.3 Å². The largest absolute Gasteiger partial charge is 0.478 e. The Balaban J connectivity index is 2.78. The summed E-state index contributed by atoms with van der Waals surface area (Å²) in [7, 11) is 1.50. The minimum Gasteiger partial charge on any atom is -0.478 e. The number of carbonyl (C=O) groups is 2. The first-order chi connectivity index (χ1) is 9.10. The summed E-state index contributed by atoms with van der Waals surface area (Å²) in [6, 6.07) is 3.11. The van der Waals surface area contributed by atoms with E-state index < -0.39 is 11.9 Å². The number of methoxy groups -OCH3 is 1. The highest BCUT2D eigenvalue weighted by molar-refractivity contribution is 5.95. The fraction of sp³-hybridized carbons (Fsp3) is 0.417. The standard InChI is InChI=1S/C12H14N2O5/c1-18-6-5-14(4-2-3-13)11(15)10-7-9(8-19-10)12(16)17/h7-8H,2,4-6H2,1H3,(H,16,17). The SMILES string of the molecule is COCCN(CCC#N)C(=O)c1cc(C(=O)O)co1. The van der Waals surface area contributed by atoms with Crippen LogP contribution in [0.25, 0.3) is 0 Å². The fourth-order valence-electron chi connectivity index (χ4n) is 1.42. The third kappa shape index (κ3) is 4.12. The summed E-state index contributed by atoms with van der Waals surface area (Å²) in [5.41, 5.74) is -0.0877. The molecule has 7 nitrogen and oxygen atoms in total. The summed E-state index contributed by atoms with van der Waals surface area (Å²) in [5.74, 6) is -1.69. The van der Waals surface area contributed by atoms with Crippen LogP contribution in [0.2, 0.25) is 0 Å². The van der Waals surface area contributed by atoms with Crippen LogP contribution in [0.3, 0.4) is 0 Å². The quantitative estimate of drug-likeness (QED) is 0.788. The molecule has 1 rings (SSSR count). The second-order valence-corrected chi connectivity index (χ2v) is 3.70. The maximum Gasteiger partial charge on any atom is 0.338 e. The Bertz CT molecular complexity index is 489. The monoisotopic (exact) mass is 266 g/mol. The van der Waals surface area contributed by atoms with E-state index in [2.05, 4.69) is 0 Å². The lowest BCUT2D eigenvalue weighted by atomic mass is 10.3. The fourth-order valence-corrected chi connectivity index (χ4v) is 1.42. The molecule has 0 spiro atoms. The molecule has 7 heteroatoms. The van der Waals surface area contributed by atoms with Gasteiger partial charge in [0.1, 0.15) is 6.26 Å². The van der Waals surface area contributed by atoms with Gasteiger partial charge in [0.05, 0.1) is 24.7 Å². The normalized spacial score (nSPS) is 9.89. The zero-order valence-corrected chi connectivity index (χ0v) is 10.5. The minimum atomic E-state index is -1.16. The van der Waals surface area contributed by atoms with E-state index in [1.54, 1.807) is 0 Å². The molecule has 1 aromatic rings. The Labute approximate surface area is 110 Å². The van der Waals surface area contributed by atoms with E-state index in [0.29, 0.717) is 13.2 Å². The number of amides is 1. The molecule has 0 radical (unpaired) electrons. The number of carboxylic acids is 1. The molecule has 0 aliphatic rings. The van der Waals surface area contributed by atoms with Crippen molar-refractivity contribution >= 4 is 11.9 Å². The highest BCUT2D eigenvalue weighted by atomic mass is 16.5. The predicted octanol–water partition coefficient (Wildman–Crippen LogP) is 0.980. The molecule has 0 fully saturated rings. The third-order valence-corrected chi connectivity index (χ3v) is 2.40. The molecule has 0 aliphatic carbocycles. The summed E-state index contributed by atoms with van der Waals surface area (Å²) in [6.45, 7) is 0.867. The number of furan rings is 1. The van der Waals surface area contributed by atoms with Crippen LogP contribution in [0.5, 0.6) is 0 Å². The number of ether oxygens (including phenoxy) is 1. The van der Waals surface area contributed by atoms with Crippen molar-refractivity contribution in [1.82, 2.24) is 4.90 Å². The van der Waals surface area contributed by atoms with Gasteiger partial charge in [0.15, 0.2) is 5.76 Å². The number of carbonyl (C=O) groups excluding carboxylic acids is 1. The van der Waals surface area contributed by atoms with Crippen LogP contribution in [-0.4, -0.2) is 48.7 Å². The Morgan fingerprint density at radius 3 is 2.79 bits per heavy atom. The minimum absolute atomic E-state index is 0.0635. The highest BCUT2D eigenvalue weighted by Crippen LogP contribution is 2.11. The lowest BCUT2D eigenvalue weighted by Crippen LogP contribution is -2.34. The molecule has 0 aliphatic heterocycles. The molecule has 1 amide bonds. The number of nitriles is 1. The lowest BCUT2D eigenvalue weighted by Gasteiger charge is -2.19. The summed E-state index contributed by atoms with van der Waals surface area (Å²) in [5, 5.41) is 17.3. The van der Waals surface area contributed by atoms with Gasteiger partial charge in [-0.05, 0) is 0 Å². The zero-order valence-electron chi connectivity index (χ0n) is 10.5. The van der Waals surface area contributed by atoms with Crippen molar-refractivity contribution in [3.8, 4) is 6.07 Å². The first-order valence-electron chi connectivity index (χ1n) is 5.57. The van der Waals surface area contributed by atoms with E-state index in [9.17, 15) is 9.59 Å². The van der Waals surface area contributed by atoms with Crippen LogP contribution in [0, 0.1) is 11.3 Å². The van der Waals surface area contributed by atoms with Gasteiger partial charge in [-0.15, -0.1) is 0 Å². The molecule has 19 heavy (non-hydrogen) atoms. The lowest BCUT2D eigenvalue weighted by molar-refractivity contribution is 0.0667. The maximum atomic E-state index is 12.1. The molecule has 1 heterocycles. The molecule has 0 saturated heterocycles. The van der Waals surface area contributed by atoms with Crippen molar-refractivity contribution in [3.63, 3.8) is 0 Å². The number of hydrogen-bond acceptors (Lipinski definition) is 5. The van der Waals surface area contributed by atoms with Crippen LogP contribution in [0.1, 0.15) is 27.3 Å². The summed E-state index contributed by atoms with van der Waals surface area (Å²) < 4.78 is 9.81. The Hall–Kier alpha value is -2.33. The smallest absolute Gasteiger partial charge is 0.338 e. The van der Waals surface area contributed by atoms with Gasteiger partial charge in [-0.2, -0.15) is 5.26 Å². The first-order valence-corrected chi connectivity index (χ1v) is 5.57. The molecular weight excluding hydrogens is 252 g/mol. The van der Waals surface area contributed by atoms with Crippen LogP contribution in [-0.2, 0) is 4.74 Å². The third-order valence-electron chi connectivity index (χ3n) is 2.40. The molecule has 0 saturated carbocycles. The Morgan fingerprint density at radius 2 is 2.26 bits per heavy atom. The van der Waals surface area contributed by atoms with E-state index in [1.165, 1.54) is 12.0 Å². The number of rotatable bonds is 7. The number of hydrogen-bond donors (Lipinski definition) is 1. The van der Waals surface area contributed by atoms with Gasteiger partial charge in [-0.1, -0.05) is 0 Å². The molecule has 1 aromatic heterocycles. The van der Waals surface area contributed by atoms with Crippen LogP contribution < -0.4 is 0 Å². The molecule has 102 valence electrons. The Morgan fingerprint density at radius 1 is 1.53 bits per heavy atom. The van der Waals surface area contributed by atoms with Gasteiger partial charge in [0.25, 0.3) is 5.91 Å². The van der Waals surface area contributed by atoms with Crippen molar-refractivity contribution in [2.24, 2.45) is 0 Å². The highest BCUT2D eigenvalue weighted by Gasteiger charge is 2.20. The van der Waals surface area contributed by atoms with Gasteiger partial charge in [0, 0.05) is 26.3 Å². The van der Waals surface area contributed by atoms with Crippen molar-refractivity contribution in [2.45, 2.75) is 6.42 Å². The average molecular weight is 266 g/mol. The van der Waals surface area contributed by atoms with Crippen molar-refractivity contribution in [3.05, 3.63) is 23.7 Å². The van der Waals surface area contributed by atoms with Gasteiger partial charge >= 0.3 is 5.97 Å². The number of aromatic carboxylic acids is 1. The van der Waals surface area contributed by atoms with Crippen LogP contribution >= 0.6 is 0 Å². The number of nitrogens with zero attached hydrogens (tertiary/aromatic N) is 2. The van der Waals surface area contributed by atoms with Crippen LogP contribution in [0.4, 0.5) is 0 Å². The molecular formula is C12H14N2O5. The second-order valence-electron chi connectivity index (χ2n) is 3.70.